The Labute approximate surface area is 125 Å². The molecule has 0 N–H and O–H groups in total. The average molecular weight is 306 g/mol. The Morgan fingerprint density at radius 3 is 3.00 bits per heavy atom. The van der Waals surface area contributed by atoms with Crippen molar-refractivity contribution in [3.05, 3.63) is 59.2 Å². The first-order valence-electron chi connectivity index (χ1n) is 6.06. The van der Waals surface area contributed by atoms with Gasteiger partial charge in [-0.15, -0.1) is 0 Å². The lowest BCUT2D eigenvalue weighted by molar-refractivity contribution is 0.391. The average Bonchev–Trinajstić information content (AvgIpc) is 3.05. The first kappa shape index (κ1) is 13.3. The summed E-state index contributed by atoms with van der Waals surface area (Å²) < 4.78 is 7.20. The van der Waals surface area contributed by atoms with Crippen LogP contribution >= 0.6 is 23.4 Å². The van der Waals surface area contributed by atoms with Gasteiger partial charge in [0.15, 0.2) is 5.16 Å². The summed E-state index contributed by atoms with van der Waals surface area (Å²) in [4.78, 5) is 4.36. The van der Waals surface area contributed by atoms with Gasteiger partial charge in [-0.1, -0.05) is 34.6 Å². The van der Waals surface area contributed by atoms with Crippen LogP contribution in [0.4, 0.5) is 0 Å². The Balaban J connectivity index is 1.80. The molecule has 3 rings (SSSR count). The lowest BCUT2D eigenvalue weighted by Crippen LogP contribution is -1.95. The molecule has 1 aromatic carbocycles. The van der Waals surface area contributed by atoms with E-state index in [1.165, 1.54) is 0 Å². The van der Waals surface area contributed by atoms with E-state index in [1.54, 1.807) is 18.0 Å². The van der Waals surface area contributed by atoms with Gasteiger partial charge in [-0.2, -0.15) is 0 Å². The molecule has 3 aromatic rings. The van der Waals surface area contributed by atoms with Crippen LogP contribution in [0.25, 0.3) is 5.69 Å². The fraction of sp³-hybridized carbons (Fsp3) is 0.143. The number of imidazole rings is 1. The van der Waals surface area contributed by atoms with E-state index < -0.39 is 0 Å². The number of benzene rings is 1. The van der Waals surface area contributed by atoms with Crippen LogP contribution in [-0.2, 0) is 5.75 Å². The van der Waals surface area contributed by atoms with Gasteiger partial charge in [0.25, 0.3) is 0 Å². The molecule has 2 heterocycles. The Bertz CT molecular complexity index is 723. The van der Waals surface area contributed by atoms with E-state index in [-0.39, 0.29) is 0 Å². The zero-order chi connectivity index (χ0) is 13.9. The van der Waals surface area contributed by atoms with Crippen molar-refractivity contribution in [3.63, 3.8) is 0 Å². The molecule has 102 valence electrons. The Morgan fingerprint density at radius 1 is 1.35 bits per heavy atom. The van der Waals surface area contributed by atoms with E-state index in [2.05, 4.69) is 10.1 Å². The number of nitrogens with zero attached hydrogens (tertiary/aromatic N) is 3. The summed E-state index contributed by atoms with van der Waals surface area (Å²) in [5.74, 6) is 1.53. The minimum atomic E-state index is 0.693. The minimum absolute atomic E-state index is 0.693. The quantitative estimate of drug-likeness (QED) is 0.680. The van der Waals surface area contributed by atoms with Crippen molar-refractivity contribution in [3.8, 4) is 5.69 Å². The monoisotopic (exact) mass is 305 g/mol. The van der Waals surface area contributed by atoms with Crippen LogP contribution in [0.2, 0.25) is 5.02 Å². The van der Waals surface area contributed by atoms with E-state index >= 15 is 0 Å². The molecule has 0 atom stereocenters. The lowest BCUT2D eigenvalue weighted by atomic mass is 10.3. The fourth-order valence-electron chi connectivity index (χ4n) is 1.84. The van der Waals surface area contributed by atoms with E-state index in [9.17, 15) is 0 Å². The van der Waals surface area contributed by atoms with Crippen LogP contribution in [0.15, 0.2) is 52.4 Å². The molecule has 0 fully saturated rings. The second kappa shape index (κ2) is 5.73. The summed E-state index contributed by atoms with van der Waals surface area (Å²) >= 11 is 7.62. The number of aromatic nitrogens is 3. The third-order valence-corrected chi connectivity index (χ3v) is 3.94. The molecular formula is C14H12ClN3OS. The molecule has 6 heteroatoms. The van der Waals surface area contributed by atoms with Gasteiger partial charge in [-0.3, -0.25) is 4.57 Å². The van der Waals surface area contributed by atoms with Crippen molar-refractivity contribution in [1.29, 1.82) is 0 Å². The maximum absolute atomic E-state index is 6.03. The lowest BCUT2D eigenvalue weighted by Gasteiger charge is -2.06. The highest BCUT2D eigenvalue weighted by molar-refractivity contribution is 7.98. The highest BCUT2D eigenvalue weighted by atomic mass is 35.5. The number of hydrogen-bond donors (Lipinski definition) is 0. The van der Waals surface area contributed by atoms with Gasteiger partial charge in [0.05, 0.1) is 11.4 Å². The van der Waals surface area contributed by atoms with Gasteiger partial charge in [0.2, 0.25) is 0 Å². The van der Waals surface area contributed by atoms with E-state index in [0.29, 0.717) is 10.8 Å². The number of thioether (sulfide) groups is 1. The van der Waals surface area contributed by atoms with Gasteiger partial charge < -0.3 is 4.52 Å². The summed E-state index contributed by atoms with van der Waals surface area (Å²) in [7, 11) is 0. The summed E-state index contributed by atoms with van der Waals surface area (Å²) in [5.41, 5.74) is 1.88. The Morgan fingerprint density at radius 2 is 2.25 bits per heavy atom. The highest BCUT2D eigenvalue weighted by Gasteiger charge is 2.08. The standard InChI is InChI=1S/C14H12ClN3OS/c1-10-7-13(19-17-10)9-20-14-16-5-6-18(14)12-4-2-3-11(15)8-12/h2-8H,9H2,1H3. The summed E-state index contributed by atoms with van der Waals surface area (Å²) in [6.07, 6.45) is 3.69. The molecule has 0 aliphatic rings. The van der Waals surface area contributed by atoms with Crippen LogP contribution in [0.5, 0.6) is 0 Å². The molecule has 2 aromatic heterocycles. The molecular weight excluding hydrogens is 294 g/mol. The predicted octanol–water partition coefficient (Wildman–Crippen LogP) is 4.11. The first-order valence-corrected chi connectivity index (χ1v) is 7.43. The van der Waals surface area contributed by atoms with E-state index in [0.717, 1.165) is 22.3 Å². The highest BCUT2D eigenvalue weighted by Crippen LogP contribution is 2.25. The van der Waals surface area contributed by atoms with Gasteiger partial charge in [-0.05, 0) is 25.1 Å². The van der Waals surface area contributed by atoms with Crippen LogP contribution in [0, 0.1) is 6.92 Å². The van der Waals surface area contributed by atoms with Crippen LogP contribution in [0.3, 0.4) is 0 Å². The van der Waals surface area contributed by atoms with Crippen molar-refractivity contribution in [1.82, 2.24) is 14.7 Å². The smallest absolute Gasteiger partial charge is 0.173 e. The number of rotatable bonds is 4. The molecule has 4 nitrogen and oxygen atoms in total. The third-order valence-electron chi connectivity index (χ3n) is 2.71. The normalized spacial score (nSPS) is 10.9. The molecule has 0 spiro atoms. The Hall–Kier alpha value is -1.72. The molecule has 0 saturated heterocycles. The van der Waals surface area contributed by atoms with Crippen molar-refractivity contribution in [2.24, 2.45) is 0 Å². The largest absolute Gasteiger partial charge is 0.360 e. The predicted molar refractivity (Wildman–Crippen MR) is 79.4 cm³/mol. The molecule has 20 heavy (non-hydrogen) atoms. The van der Waals surface area contributed by atoms with Crippen LogP contribution in [-0.4, -0.2) is 14.7 Å². The third kappa shape index (κ3) is 2.89. The molecule has 0 radical (unpaired) electrons. The second-order valence-electron chi connectivity index (χ2n) is 4.28. The molecule has 0 bridgehead atoms. The topological polar surface area (TPSA) is 43.9 Å². The molecule has 0 aliphatic heterocycles. The number of hydrogen-bond acceptors (Lipinski definition) is 4. The van der Waals surface area contributed by atoms with Gasteiger partial charge >= 0.3 is 0 Å². The molecule has 0 aliphatic carbocycles. The van der Waals surface area contributed by atoms with Crippen molar-refractivity contribution < 1.29 is 4.52 Å². The summed E-state index contributed by atoms with van der Waals surface area (Å²) in [5, 5.41) is 5.47. The van der Waals surface area contributed by atoms with Crippen molar-refractivity contribution in [2.45, 2.75) is 17.8 Å². The van der Waals surface area contributed by atoms with Crippen molar-refractivity contribution >= 4 is 23.4 Å². The van der Waals surface area contributed by atoms with Crippen LogP contribution < -0.4 is 0 Å². The zero-order valence-corrected chi connectivity index (χ0v) is 12.4. The summed E-state index contributed by atoms with van der Waals surface area (Å²) in [6.45, 7) is 1.91. The Kier molecular flexibility index (Phi) is 3.80. The van der Waals surface area contributed by atoms with Gasteiger partial charge in [-0.25, -0.2) is 4.98 Å². The maximum atomic E-state index is 6.03. The zero-order valence-electron chi connectivity index (χ0n) is 10.8. The molecule has 0 unspecified atom stereocenters. The second-order valence-corrected chi connectivity index (χ2v) is 5.66. The number of halogens is 1. The SMILES string of the molecule is Cc1cc(CSc2nccn2-c2cccc(Cl)c2)on1. The van der Waals surface area contributed by atoms with Gasteiger partial charge in [0, 0.05) is 29.2 Å². The molecule has 0 saturated carbocycles. The van der Waals surface area contributed by atoms with Gasteiger partial charge in [0.1, 0.15) is 5.76 Å². The maximum Gasteiger partial charge on any atom is 0.173 e. The summed E-state index contributed by atoms with van der Waals surface area (Å²) in [6, 6.07) is 9.61. The van der Waals surface area contributed by atoms with Crippen LogP contribution in [0.1, 0.15) is 11.5 Å². The fourth-order valence-corrected chi connectivity index (χ4v) is 2.87. The number of aryl methyl sites for hydroxylation is 1. The minimum Gasteiger partial charge on any atom is -0.360 e. The molecule has 0 amide bonds. The van der Waals surface area contributed by atoms with Crippen molar-refractivity contribution in [2.75, 3.05) is 0 Å². The first-order chi connectivity index (χ1) is 9.72. The van der Waals surface area contributed by atoms with E-state index in [4.69, 9.17) is 16.1 Å². The van der Waals surface area contributed by atoms with E-state index in [1.807, 2.05) is 48.0 Å².